The summed E-state index contributed by atoms with van der Waals surface area (Å²) in [4.78, 5) is 12.4. The number of amides is 1. The molecule has 1 aromatic carbocycles. The number of halogens is 4. The van der Waals surface area contributed by atoms with Crippen LogP contribution in [0.4, 0.5) is 13.2 Å². The van der Waals surface area contributed by atoms with E-state index in [0.717, 1.165) is 20.9 Å². The van der Waals surface area contributed by atoms with E-state index in [1.54, 1.807) is 0 Å². The van der Waals surface area contributed by atoms with Gasteiger partial charge >= 0.3 is 6.18 Å². The third-order valence-electron chi connectivity index (χ3n) is 3.07. The minimum atomic E-state index is -4.60. The Hall–Kier alpha value is -1.09. The van der Waals surface area contributed by atoms with Crippen LogP contribution in [0.2, 0.25) is 0 Å². The predicted octanol–water partition coefficient (Wildman–Crippen LogP) is 3.02. The quantitative estimate of drug-likeness (QED) is 0.778. The first-order chi connectivity index (χ1) is 9.79. The standard InChI is InChI=1S/C13H15BrF3NO3S/c1-12(2,11(19)18(3)8-13(15,16)17)22(20,21)10-6-4-9(14)5-7-10/h4-7H,8H2,1-3H3. The molecule has 0 aliphatic carbocycles. The van der Waals surface area contributed by atoms with E-state index in [4.69, 9.17) is 0 Å². The number of alkyl halides is 3. The molecular weight excluding hydrogens is 387 g/mol. The number of sulfone groups is 1. The molecule has 1 aromatic rings. The van der Waals surface area contributed by atoms with Crippen LogP contribution in [0, 0.1) is 0 Å². The number of nitrogens with zero attached hydrogens (tertiary/aromatic N) is 1. The van der Waals surface area contributed by atoms with Crippen LogP contribution in [0.15, 0.2) is 33.6 Å². The van der Waals surface area contributed by atoms with Crippen LogP contribution >= 0.6 is 15.9 Å². The molecule has 22 heavy (non-hydrogen) atoms. The molecular formula is C13H15BrF3NO3S. The van der Waals surface area contributed by atoms with Crippen molar-refractivity contribution in [3.05, 3.63) is 28.7 Å². The first-order valence-electron chi connectivity index (χ1n) is 6.11. The van der Waals surface area contributed by atoms with Crippen LogP contribution in [0.5, 0.6) is 0 Å². The van der Waals surface area contributed by atoms with E-state index in [9.17, 15) is 26.4 Å². The molecule has 0 spiro atoms. The molecule has 0 saturated carbocycles. The lowest BCUT2D eigenvalue weighted by Gasteiger charge is -2.29. The second kappa shape index (κ2) is 6.19. The van der Waals surface area contributed by atoms with E-state index >= 15 is 0 Å². The lowest BCUT2D eigenvalue weighted by Crippen LogP contribution is -2.50. The normalized spacial score (nSPS) is 13.0. The van der Waals surface area contributed by atoms with E-state index in [2.05, 4.69) is 15.9 Å². The van der Waals surface area contributed by atoms with Gasteiger partial charge in [-0.1, -0.05) is 15.9 Å². The molecule has 0 aliphatic rings. The van der Waals surface area contributed by atoms with Crippen LogP contribution in [0.1, 0.15) is 13.8 Å². The van der Waals surface area contributed by atoms with Crippen LogP contribution in [0.25, 0.3) is 0 Å². The molecule has 1 rings (SSSR count). The molecule has 0 aromatic heterocycles. The van der Waals surface area contributed by atoms with Gasteiger partial charge < -0.3 is 4.90 Å². The van der Waals surface area contributed by atoms with Crippen LogP contribution in [-0.4, -0.2) is 43.7 Å². The number of hydrogen-bond donors (Lipinski definition) is 0. The fourth-order valence-electron chi connectivity index (χ4n) is 1.82. The summed E-state index contributed by atoms with van der Waals surface area (Å²) in [5, 5.41) is 0. The molecule has 0 atom stereocenters. The second-order valence-corrected chi connectivity index (χ2v) is 8.66. The van der Waals surface area contributed by atoms with Crippen LogP contribution < -0.4 is 0 Å². The van der Waals surface area contributed by atoms with E-state index in [1.807, 2.05) is 0 Å². The summed E-state index contributed by atoms with van der Waals surface area (Å²) >= 11 is 3.15. The van der Waals surface area contributed by atoms with E-state index in [1.165, 1.54) is 24.3 Å². The van der Waals surface area contributed by atoms with Crippen molar-refractivity contribution in [3.63, 3.8) is 0 Å². The third-order valence-corrected chi connectivity index (χ3v) is 6.01. The van der Waals surface area contributed by atoms with E-state index in [0.29, 0.717) is 9.37 Å². The zero-order valence-electron chi connectivity index (χ0n) is 12.1. The van der Waals surface area contributed by atoms with Gasteiger partial charge in [-0.3, -0.25) is 4.79 Å². The van der Waals surface area contributed by atoms with Crippen LogP contribution in [0.3, 0.4) is 0 Å². The lowest BCUT2D eigenvalue weighted by atomic mass is 10.2. The van der Waals surface area contributed by atoms with Crippen LogP contribution in [-0.2, 0) is 14.6 Å². The second-order valence-electron chi connectivity index (χ2n) is 5.24. The van der Waals surface area contributed by atoms with Gasteiger partial charge in [0.15, 0.2) is 9.84 Å². The molecule has 0 N–H and O–H groups in total. The van der Waals surface area contributed by atoms with Crippen molar-refractivity contribution >= 4 is 31.7 Å². The average molecular weight is 402 g/mol. The van der Waals surface area contributed by atoms with Crippen molar-refractivity contribution < 1.29 is 26.4 Å². The molecule has 0 unspecified atom stereocenters. The molecule has 0 fully saturated rings. The van der Waals surface area contributed by atoms with Gasteiger partial charge in [0.05, 0.1) is 4.90 Å². The average Bonchev–Trinajstić information content (AvgIpc) is 2.36. The van der Waals surface area contributed by atoms with E-state index in [-0.39, 0.29) is 4.90 Å². The Morgan fingerprint density at radius 1 is 1.18 bits per heavy atom. The molecule has 124 valence electrons. The van der Waals surface area contributed by atoms with Crippen molar-refractivity contribution in [3.8, 4) is 0 Å². The molecule has 0 bridgehead atoms. The monoisotopic (exact) mass is 401 g/mol. The van der Waals surface area contributed by atoms with Gasteiger partial charge in [0, 0.05) is 11.5 Å². The van der Waals surface area contributed by atoms with Gasteiger partial charge in [-0.05, 0) is 38.1 Å². The summed E-state index contributed by atoms with van der Waals surface area (Å²) in [6.07, 6.45) is -4.60. The highest BCUT2D eigenvalue weighted by molar-refractivity contribution is 9.10. The molecule has 9 heteroatoms. The van der Waals surface area contributed by atoms with Gasteiger partial charge in [0.25, 0.3) is 0 Å². The number of rotatable bonds is 4. The minimum absolute atomic E-state index is 0.130. The Bertz CT molecular complexity index is 654. The summed E-state index contributed by atoms with van der Waals surface area (Å²) < 4.78 is 60.8. The molecule has 0 radical (unpaired) electrons. The SMILES string of the molecule is CN(CC(F)(F)F)C(=O)C(C)(C)S(=O)(=O)c1ccc(Br)cc1. The smallest absolute Gasteiger partial charge is 0.335 e. The molecule has 4 nitrogen and oxygen atoms in total. The maximum atomic E-state index is 12.5. The Morgan fingerprint density at radius 3 is 2.05 bits per heavy atom. The number of carbonyl (C=O) groups excluding carboxylic acids is 1. The zero-order valence-corrected chi connectivity index (χ0v) is 14.5. The van der Waals surface area contributed by atoms with Gasteiger partial charge in [0.2, 0.25) is 5.91 Å². The number of carbonyl (C=O) groups is 1. The molecule has 0 aliphatic heterocycles. The topological polar surface area (TPSA) is 54.5 Å². The van der Waals surface area contributed by atoms with E-state index < -0.39 is 33.2 Å². The van der Waals surface area contributed by atoms with Gasteiger partial charge in [-0.2, -0.15) is 13.2 Å². The lowest BCUT2D eigenvalue weighted by molar-refractivity contribution is -0.159. The summed E-state index contributed by atoms with van der Waals surface area (Å²) in [6, 6.07) is 5.54. The first kappa shape index (κ1) is 19.0. The third kappa shape index (κ3) is 4.01. The summed E-state index contributed by atoms with van der Waals surface area (Å²) in [5.41, 5.74) is 0. The van der Waals surface area contributed by atoms with Crippen molar-refractivity contribution in [2.45, 2.75) is 29.7 Å². The maximum Gasteiger partial charge on any atom is 0.406 e. The summed E-state index contributed by atoms with van der Waals surface area (Å²) in [6.45, 7) is 0.685. The largest absolute Gasteiger partial charge is 0.406 e. The molecule has 1 amide bonds. The zero-order chi connectivity index (χ0) is 17.3. The van der Waals surface area contributed by atoms with Gasteiger partial charge in [-0.25, -0.2) is 8.42 Å². The minimum Gasteiger partial charge on any atom is -0.335 e. The Balaban J connectivity index is 3.16. The predicted molar refractivity (Wildman–Crippen MR) is 79.1 cm³/mol. The first-order valence-corrected chi connectivity index (χ1v) is 8.39. The highest BCUT2D eigenvalue weighted by Crippen LogP contribution is 2.29. The van der Waals surface area contributed by atoms with Gasteiger partial charge in [0.1, 0.15) is 11.3 Å². The summed E-state index contributed by atoms with van der Waals surface area (Å²) in [5.74, 6) is -1.12. The maximum absolute atomic E-state index is 12.5. The molecule has 0 saturated heterocycles. The van der Waals surface area contributed by atoms with Crippen molar-refractivity contribution in [2.24, 2.45) is 0 Å². The van der Waals surface area contributed by atoms with Crippen molar-refractivity contribution in [1.82, 2.24) is 4.90 Å². The van der Waals surface area contributed by atoms with Gasteiger partial charge in [-0.15, -0.1) is 0 Å². The Labute approximate surface area is 135 Å². The highest BCUT2D eigenvalue weighted by Gasteiger charge is 2.46. The van der Waals surface area contributed by atoms with Crippen molar-refractivity contribution in [2.75, 3.05) is 13.6 Å². The Morgan fingerprint density at radius 2 is 1.64 bits per heavy atom. The Kier molecular flexibility index (Phi) is 5.34. The highest BCUT2D eigenvalue weighted by atomic mass is 79.9. The fourth-order valence-corrected chi connectivity index (χ4v) is 3.56. The number of benzene rings is 1. The fraction of sp³-hybridized carbons (Fsp3) is 0.462. The molecule has 0 heterocycles. The van der Waals surface area contributed by atoms with Crippen molar-refractivity contribution in [1.29, 1.82) is 0 Å². The number of hydrogen-bond acceptors (Lipinski definition) is 3. The summed E-state index contributed by atoms with van der Waals surface area (Å²) in [7, 11) is -3.21.